The zero-order valence-corrected chi connectivity index (χ0v) is 25.3. The molecule has 3 aromatic rings. The Labute approximate surface area is 262 Å². The minimum Gasteiger partial charge on any atom is -0.489 e. The third-order valence-corrected chi connectivity index (χ3v) is 8.95. The van der Waals surface area contributed by atoms with Crippen LogP contribution in [0.3, 0.4) is 0 Å². The molecule has 2 N–H and O–H groups in total. The molecule has 1 aliphatic heterocycles. The lowest BCUT2D eigenvalue weighted by molar-refractivity contribution is -0.274. The number of carbonyl (C=O) groups is 1. The van der Waals surface area contributed by atoms with E-state index in [0.29, 0.717) is 11.4 Å². The molecule has 1 saturated heterocycles. The van der Waals surface area contributed by atoms with Crippen molar-refractivity contribution >= 4 is 21.6 Å². The first-order chi connectivity index (χ1) is 21.8. The van der Waals surface area contributed by atoms with Crippen LogP contribution in [0, 0.1) is 0 Å². The molecule has 16 heteroatoms. The van der Waals surface area contributed by atoms with E-state index < -0.39 is 52.7 Å². The monoisotopic (exact) mass is 673 g/mol. The average Bonchev–Trinajstić information content (AvgIpc) is 3.42. The second-order valence-electron chi connectivity index (χ2n) is 10.3. The van der Waals surface area contributed by atoms with Gasteiger partial charge < -0.3 is 29.5 Å². The Bertz CT molecular complexity index is 1540. The number of amides is 1. The maximum atomic E-state index is 13.1. The number of nitrogens with zero attached hydrogens (tertiary/aromatic N) is 2. The Morgan fingerprint density at radius 1 is 1.07 bits per heavy atom. The van der Waals surface area contributed by atoms with Crippen LogP contribution >= 0.6 is 0 Å². The summed E-state index contributed by atoms with van der Waals surface area (Å²) in [7, 11) is -3.41. The van der Waals surface area contributed by atoms with Gasteiger partial charge >= 0.3 is 13.0 Å². The number of benzene rings is 2. The Morgan fingerprint density at radius 2 is 1.74 bits per heavy atom. The van der Waals surface area contributed by atoms with Crippen molar-refractivity contribution in [1.29, 1.82) is 0 Å². The summed E-state index contributed by atoms with van der Waals surface area (Å²) in [6, 6.07) is 12.6. The second-order valence-corrected chi connectivity index (χ2v) is 12.6. The maximum Gasteiger partial charge on any atom is 0.573 e. The van der Waals surface area contributed by atoms with Crippen LogP contribution in [0.2, 0.25) is 0 Å². The Morgan fingerprint density at radius 3 is 2.30 bits per heavy atom. The van der Waals surface area contributed by atoms with Gasteiger partial charge in [-0.15, -0.1) is 13.2 Å². The van der Waals surface area contributed by atoms with Gasteiger partial charge in [0.25, 0.3) is 5.91 Å². The molecule has 0 saturated carbocycles. The minimum absolute atomic E-state index is 0.0603. The summed E-state index contributed by atoms with van der Waals surface area (Å²) in [6.07, 6.45) is -3.70. The summed E-state index contributed by atoms with van der Waals surface area (Å²) in [5, 5.41) is 12.4. The number of rotatable bonds is 14. The molecule has 46 heavy (non-hydrogen) atoms. The van der Waals surface area contributed by atoms with Crippen LogP contribution in [0.4, 0.5) is 27.8 Å². The maximum absolute atomic E-state index is 13.1. The number of pyridine rings is 1. The first-order valence-electron chi connectivity index (χ1n) is 14.2. The van der Waals surface area contributed by atoms with Gasteiger partial charge in [-0.25, -0.2) is 13.4 Å². The van der Waals surface area contributed by atoms with E-state index in [1.165, 1.54) is 49.5 Å². The molecule has 0 bridgehead atoms. The van der Waals surface area contributed by atoms with Crippen LogP contribution in [-0.2, 0) is 14.6 Å². The number of aliphatic hydroxyl groups is 1. The molecule has 1 amide bonds. The molecule has 4 rings (SSSR count). The zero-order chi connectivity index (χ0) is 33.5. The third-order valence-electron chi connectivity index (χ3n) is 7.20. The van der Waals surface area contributed by atoms with Gasteiger partial charge in [0.2, 0.25) is 0 Å². The second kappa shape index (κ2) is 15.0. The highest BCUT2D eigenvalue weighted by atomic mass is 32.2. The Kier molecular flexibility index (Phi) is 11.4. The van der Waals surface area contributed by atoms with Crippen LogP contribution in [0.5, 0.6) is 11.5 Å². The van der Waals surface area contributed by atoms with E-state index in [0.717, 1.165) is 12.1 Å². The van der Waals surface area contributed by atoms with Crippen molar-refractivity contribution in [3.63, 3.8) is 0 Å². The average molecular weight is 674 g/mol. The molecule has 250 valence electrons. The van der Waals surface area contributed by atoms with Crippen molar-refractivity contribution in [3.8, 4) is 11.5 Å². The lowest BCUT2D eigenvalue weighted by Crippen LogP contribution is -2.35. The van der Waals surface area contributed by atoms with Crippen molar-refractivity contribution < 1.29 is 54.5 Å². The number of hydrogen-bond acceptors (Lipinski definition) is 9. The molecular weight excluding hydrogens is 641 g/mol. The van der Waals surface area contributed by atoms with Gasteiger partial charge in [-0.05, 0) is 60.5 Å². The highest BCUT2D eigenvalue weighted by Crippen LogP contribution is 2.30. The molecule has 1 fully saturated rings. The molecule has 2 aromatic carbocycles. The number of anilines is 1. The molecule has 0 aliphatic carbocycles. The number of ether oxygens (including phenoxy) is 3. The van der Waals surface area contributed by atoms with Crippen molar-refractivity contribution in [3.05, 3.63) is 78.0 Å². The molecule has 10 nitrogen and oxygen atoms in total. The van der Waals surface area contributed by atoms with Gasteiger partial charge in [-0.2, -0.15) is 8.78 Å². The molecule has 3 atom stereocenters. The predicted octanol–water partition coefficient (Wildman–Crippen LogP) is 4.89. The van der Waals surface area contributed by atoms with Gasteiger partial charge in [-0.1, -0.05) is 19.1 Å². The normalized spacial score (nSPS) is 17.6. The topological polar surface area (TPSA) is 127 Å². The predicted molar refractivity (Wildman–Crippen MR) is 156 cm³/mol. The number of aliphatic hydroxyl groups excluding tert-OH is 1. The number of carbonyl (C=O) groups excluding carboxylic acids is 1. The van der Waals surface area contributed by atoms with Gasteiger partial charge in [0.1, 0.15) is 23.4 Å². The number of nitrogens with one attached hydrogen (secondary N) is 1. The first-order valence-corrected chi connectivity index (χ1v) is 15.8. The van der Waals surface area contributed by atoms with Crippen LogP contribution in [0.1, 0.15) is 41.7 Å². The van der Waals surface area contributed by atoms with E-state index in [1.807, 2.05) is 0 Å². The lowest BCUT2D eigenvalue weighted by atomic mass is 10.0. The zero-order valence-electron chi connectivity index (χ0n) is 24.5. The number of halogens is 5. The van der Waals surface area contributed by atoms with Crippen molar-refractivity contribution in [2.75, 3.05) is 30.4 Å². The van der Waals surface area contributed by atoms with E-state index in [2.05, 4.69) is 19.8 Å². The summed E-state index contributed by atoms with van der Waals surface area (Å²) >= 11 is 0. The van der Waals surface area contributed by atoms with E-state index in [9.17, 15) is 40.3 Å². The van der Waals surface area contributed by atoms with Crippen LogP contribution in [0.25, 0.3) is 0 Å². The van der Waals surface area contributed by atoms with E-state index in [4.69, 9.17) is 4.74 Å². The number of sulfone groups is 1. The number of aromatic nitrogens is 1. The van der Waals surface area contributed by atoms with Crippen LogP contribution < -0.4 is 19.7 Å². The van der Waals surface area contributed by atoms with E-state index in [-0.39, 0.29) is 54.6 Å². The van der Waals surface area contributed by atoms with Gasteiger partial charge in [0.05, 0.1) is 41.4 Å². The highest BCUT2D eigenvalue weighted by Gasteiger charge is 2.35. The van der Waals surface area contributed by atoms with Crippen molar-refractivity contribution in [2.24, 2.45) is 0 Å². The Balaban J connectivity index is 1.44. The summed E-state index contributed by atoms with van der Waals surface area (Å²) in [4.78, 5) is 19.2. The van der Waals surface area contributed by atoms with Gasteiger partial charge in [-0.3, -0.25) is 4.79 Å². The quantitative estimate of drug-likeness (QED) is 0.230. The van der Waals surface area contributed by atoms with Crippen LogP contribution in [-0.4, -0.2) is 75.0 Å². The summed E-state index contributed by atoms with van der Waals surface area (Å²) < 4.78 is 102. The molecule has 0 unspecified atom stereocenters. The lowest BCUT2D eigenvalue weighted by Gasteiger charge is -2.25. The molecule has 0 spiro atoms. The SMILES string of the molecule is CCS(=O)(=O)c1ccc([C@H](CCO)NC(=O)c2ccc(N3C[C@@H](Oc4ccc(OC(F)(F)F)cc4)C[C@H]3COC(F)F)nc2)cc1. The smallest absolute Gasteiger partial charge is 0.489 e. The molecular formula is C30H32F5N3O7S. The number of alkyl halides is 5. The summed E-state index contributed by atoms with van der Waals surface area (Å²) in [6.45, 7) is -1.91. The molecule has 2 heterocycles. The van der Waals surface area contributed by atoms with E-state index in [1.54, 1.807) is 17.0 Å². The van der Waals surface area contributed by atoms with Gasteiger partial charge in [0, 0.05) is 19.2 Å². The number of hydrogen-bond donors (Lipinski definition) is 2. The fourth-order valence-corrected chi connectivity index (χ4v) is 5.84. The van der Waals surface area contributed by atoms with Crippen molar-refractivity contribution in [1.82, 2.24) is 10.3 Å². The fourth-order valence-electron chi connectivity index (χ4n) is 4.95. The third kappa shape index (κ3) is 9.50. The van der Waals surface area contributed by atoms with Gasteiger partial charge in [0.15, 0.2) is 9.84 Å². The molecule has 1 aromatic heterocycles. The highest BCUT2D eigenvalue weighted by molar-refractivity contribution is 7.91. The molecule has 0 radical (unpaired) electrons. The minimum atomic E-state index is -4.84. The fraction of sp³-hybridized carbons (Fsp3) is 0.400. The van der Waals surface area contributed by atoms with Crippen LogP contribution in [0.15, 0.2) is 71.8 Å². The summed E-state index contributed by atoms with van der Waals surface area (Å²) in [5.74, 6) is -0.406. The van der Waals surface area contributed by atoms with Crippen molar-refractivity contribution in [2.45, 2.75) is 55.8 Å². The van der Waals surface area contributed by atoms with E-state index >= 15 is 0 Å². The molecule has 1 aliphatic rings. The standard InChI is InChI=1S/C30H32F5N3O7S/c1-2-46(41,42)25-10-3-19(4-11-25)26(13-14-39)37-28(40)20-5-12-27(36-16-20)38-17-24(15-21(38)18-43-29(31)32)44-22-6-8-23(9-7-22)45-30(33,34)35/h3-12,16,21,24,26,29,39H,2,13-15,17-18H2,1H3,(H,37,40)/t21-,24-,26-/m0/s1. The Hall–Kier alpha value is -4.02. The summed E-state index contributed by atoms with van der Waals surface area (Å²) in [5.41, 5.74) is 0.764. The largest absolute Gasteiger partial charge is 0.573 e. The first kappa shape index (κ1) is 34.8.